The van der Waals surface area contributed by atoms with Gasteiger partial charge in [0.05, 0.1) is 16.4 Å². The summed E-state index contributed by atoms with van der Waals surface area (Å²) in [4.78, 5) is -0.0312. The standard InChI is InChI=1S/C13H18FNO4S2/c1-3-15(13(2)8-9-20(16,17)10-13)21(18,19)12-6-4-11(14)5-7-12/h4-7H,3,8-10H2,1-2H3/t13-/m1/s1. The van der Waals surface area contributed by atoms with Crippen molar-refractivity contribution >= 4 is 19.9 Å². The summed E-state index contributed by atoms with van der Waals surface area (Å²) in [6, 6.07) is 4.54. The van der Waals surface area contributed by atoms with Gasteiger partial charge < -0.3 is 0 Å². The van der Waals surface area contributed by atoms with Crippen molar-refractivity contribution in [3.8, 4) is 0 Å². The average molecular weight is 335 g/mol. The first-order valence-electron chi connectivity index (χ1n) is 6.60. The van der Waals surface area contributed by atoms with Gasteiger partial charge in [-0.3, -0.25) is 0 Å². The van der Waals surface area contributed by atoms with Gasteiger partial charge in [0.2, 0.25) is 10.0 Å². The Bertz CT molecular complexity index is 728. The molecule has 0 bridgehead atoms. The normalized spacial score (nSPS) is 25.3. The van der Waals surface area contributed by atoms with E-state index >= 15 is 0 Å². The van der Waals surface area contributed by atoms with Gasteiger partial charge in [0, 0.05) is 12.1 Å². The van der Waals surface area contributed by atoms with E-state index in [0.29, 0.717) is 0 Å². The fourth-order valence-corrected chi connectivity index (χ4v) is 6.80. The van der Waals surface area contributed by atoms with Crippen LogP contribution in [0.3, 0.4) is 0 Å². The molecule has 118 valence electrons. The molecule has 0 saturated carbocycles. The van der Waals surface area contributed by atoms with Crippen molar-refractivity contribution in [2.75, 3.05) is 18.1 Å². The molecule has 1 atom stereocenters. The zero-order valence-electron chi connectivity index (χ0n) is 11.9. The van der Waals surface area contributed by atoms with Crippen LogP contribution in [-0.4, -0.2) is 44.7 Å². The van der Waals surface area contributed by atoms with Gasteiger partial charge in [-0.1, -0.05) is 6.92 Å². The number of nitrogens with zero attached hydrogens (tertiary/aromatic N) is 1. The van der Waals surface area contributed by atoms with Crippen LogP contribution in [0.4, 0.5) is 4.39 Å². The lowest BCUT2D eigenvalue weighted by atomic mass is 10.0. The summed E-state index contributed by atoms with van der Waals surface area (Å²) in [6.45, 7) is 3.46. The molecule has 1 fully saturated rings. The molecule has 0 amide bonds. The number of halogens is 1. The van der Waals surface area contributed by atoms with Crippen molar-refractivity contribution < 1.29 is 21.2 Å². The Morgan fingerprint density at radius 1 is 1.29 bits per heavy atom. The molecular formula is C13H18FNO4S2. The van der Waals surface area contributed by atoms with Gasteiger partial charge in [0.1, 0.15) is 5.82 Å². The maximum absolute atomic E-state index is 12.9. The lowest BCUT2D eigenvalue weighted by Crippen LogP contribution is -2.50. The Kier molecular flexibility index (Phi) is 4.16. The van der Waals surface area contributed by atoms with Gasteiger partial charge in [-0.15, -0.1) is 0 Å². The van der Waals surface area contributed by atoms with Crippen molar-refractivity contribution in [3.63, 3.8) is 0 Å². The highest BCUT2D eigenvalue weighted by Crippen LogP contribution is 2.33. The number of benzene rings is 1. The Labute approximate surface area is 124 Å². The molecule has 1 heterocycles. The number of sulfonamides is 1. The molecule has 1 aromatic carbocycles. The van der Waals surface area contributed by atoms with E-state index in [9.17, 15) is 21.2 Å². The van der Waals surface area contributed by atoms with E-state index < -0.39 is 31.2 Å². The summed E-state index contributed by atoms with van der Waals surface area (Å²) in [5.41, 5.74) is -0.958. The van der Waals surface area contributed by atoms with E-state index in [2.05, 4.69) is 0 Å². The van der Waals surface area contributed by atoms with Crippen molar-refractivity contribution in [2.45, 2.75) is 30.7 Å². The molecule has 21 heavy (non-hydrogen) atoms. The summed E-state index contributed by atoms with van der Waals surface area (Å²) in [6.07, 6.45) is 0.267. The molecule has 0 unspecified atom stereocenters. The minimum absolute atomic E-state index is 0.0149. The first-order valence-corrected chi connectivity index (χ1v) is 9.86. The van der Waals surface area contributed by atoms with Crippen LogP contribution < -0.4 is 0 Å². The van der Waals surface area contributed by atoms with E-state index in [-0.39, 0.29) is 29.4 Å². The maximum Gasteiger partial charge on any atom is 0.243 e. The Balaban J connectivity index is 2.43. The minimum atomic E-state index is -3.86. The Hall–Kier alpha value is -0.990. The quantitative estimate of drug-likeness (QED) is 0.834. The molecule has 5 nitrogen and oxygen atoms in total. The highest BCUT2D eigenvalue weighted by molar-refractivity contribution is 7.92. The predicted molar refractivity (Wildman–Crippen MR) is 77.6 cm³/mol. The maximum atomic E-state index is 12.9. The van der Waals surface area contributed by atoms with Gasteiger partial charge in [-0.25, -0.2) is 21.2 Å². The van der Waals surface area contributed by atoms with Crippen LogP contribution in [0.1, 0.15) is 20.3 Å². The summed E-state index contributed by atoms with van der Waals surface area (Å²) in [5.74, 6) is -0.723. The number of hydrogen-bond donors (Lipinski definition) is 0. The summed E-state index contributed by atoms with van der Waals surface area (Å²) in [5, 5.41) is 0. The predicted octanol–water partition coefficient (Wildman–Crippen LogP) is 1.41. The Morgan fingerprint density at radius 3 is 2.29 bits per heavy atom. The molecule has 0 aromatic heterocycles. The van der Waals surface area contributed by atoms with Crippen molar-refractivity contribution in [2.24, 2.45) is 0 Å². The van der Waals surface area contributed by atoms with E-state index in [1.165, 1.54) is 16.4 Å². The van der Waals surface area contributed by atoms with Crippen molar-refractivity contribution in [3.05, 3.63) is 30.1 Å². The molecule has 1 aromatic rings. The molecule has 0 spiro atoms. The third-order valence-electron chi connectivity index (χ3n) is 3.77. The van der Waals surface area contributed by atoms with Gasteiger partial charge in [-0.05, 0) is 37.6 Å². The second-order valence-electron chi connectivity index (χ2n) is 5.46. The van der Waals surface area contributed by atoms with E-state index in [4.69, 9.17) is 0 Å². The highest BCUT2D eigenvalue weighted by Gasteiger charge is 2.47. The van der Waals surface area contributed by atoms with Crippen LogP contribution in [0, 0.1) is 5.82 Å². The highest BCUT2D eigenvalue weighted by atomic mass is 32.2. The summed E-state index contributed by atoms with van der Waals surface area (Å²) < 4.78 is 62.9. The smallest absolute Gasteiger partial charge is 0.229 e. The lowest BCUT2D eigenvalue weighted by Gasteiger charge is -2.35. The van der Waals surface area contributed by atoms with Gasteiger partial charge in [-0.2, -0.15) is 4.31 Å². The van der Waals surface area contributed by atoms with E-state index in [1.807, 2.05) is 0 Å². The molecule has 1 saturated heterocycles. The second-order valence-corrected chi connectivity index (χ2v) is 9.51. The van der Waals surface area contributed by atoms with Crippen LogP contribution in [0.5, 0.6) is 0 Å². The molecule has 0 radical (unpaired) electrons. The van der Waals surface area contributed by atoms with E-state index in [0.717, 1.165) is 12.1 Å². The van der Waals surface area contributed by atoms with Crippen LogP contribution in [0.25, 0.3) is 0 Å². The summed E-state index contributed by atoms with van der Waals surface area (Å²) in [7, 11) is -7.08. The monoisotopic (exact) mass is 335 g/mol. The first-order chi connectivity index (χ1) is 9.61. The second kappa shape index (κ2) is 5.33. The molecule has 1 aliphatic heterocycles. The Morgan fingerprint density at radius 2 is 1.86 bits per heavy atom. The molecule has 0 N–H and O–H groups in total. The van der Waals surface area contributed by atoms with Crippen LogP contribution in [-0.2, 0) is 19.9 Å². The van der Waals surface area contributed by atoms with Gasteiger partial charge in [0.25, 0.3) is 0 Å². The molecule has 8 heteroatoms. The number of rotatable bonds is 4. The zero-order valence-corrected chi connectivity index (χ0v) is 13.5. The fourth-order valence-electron chi connectivity index (χ4n) is 2.77. The van der Waals surface area contributed by atoms with Crippen LogP contribution >= 0.6 is 0 Å². The number of hydrogen-bond acceptors (Lipinski definition) is 4. The van der Waals surface area contributed by atoms with Crippen molar-refractivity contribution in [1.82, 2.24) is 4.31 Å². The molecule has 1 aliphatic rings. The van der Waals surface area contributed by atoms with Gasteiger partial charge in [0.15, 0.2) is 9.84 Å². The van der Waals surface area contributed by atoms with E-state index in [1.54, 1.807) is 13.8 Å². The van der Waals surface area contributed by atoms with Gasteiger partial charge >= 0.3 is 0 Å². The lowest BCUT2D eigenvalue weighted by molar-refractivity contribution is 0.243. The first kappa shape index (κ1) is 16.4. The third-order valence-corrected chi connectivity index (χ3v) is 7.81. The third kappa shape index (κ3) is 3.12. The SMILES string of the molecule is CCN([C@]1(C)CCS(=O)(=O)C1)S(=O)(=O)c1ccc(F)cc1. The fraction of sp³-hybridized carbons (Fsp3) is 0.538. The average Bonchev–Trinajstić information content (AvgIpc) is 2.65. The minimum Gasteiger partial charge on any atom is -0.229 e. The number of sulfone groups is 1. The van der Waals surface area contributed by atoms with Crippen LogP contribution in [0.2, 0.25) is 0 Å². The van der Waals surface area contributed by atoms with Crippen molar-refractivity contribution in [1.29, 1.82) is 0 Å². The molecular weight excluding hydrogens is 317 g/mol. The molecule has 0 aliphatic carbocycles. The summed E-state index contributed by atoms with van der Waals surface area (Å²) >= 11 is 0. The molecule has 2 rings (SSSR count). The zero-order chi connectivity index (χ0) is 15.9. The largest absolute Gasteiger partial charge is 0.243 e. The van der Waals surface area contributed by atoms with Crippen LogP contribution in [0.15, 0.2) is 29.2 Å². The topological polar surface area (TPSA) is 71.5 Å².